The highest BCUT2D eigenvalue weighted by Gasteiger charge is 2.43. The first-order chi connectivity index (χ1) is 13.4. The van der Waals surface area contributed by atoms with E-state index in [0.29, 0.717) is 19.8 Å². The Hall–Kier alpha value is -2.12. The van der Waals surface area contributed by atoms with Gasteiger partial charge in [0.2, 0.25) is 0 Å². The van der Waals surface area contributed by atoms with Crippen LogP contribution in [0.15, 0.2) is 29.4 Å². The minimum atomic E-state index is -1.54. The number of hydrogen-bond donors (Lipinski definition) is 1. The zero-order chi connectivity index (χ0) is 20.6. The molecule has 0 radical (unpaired) electrons. The normalized spacial score (nSPS) is 25.4. The number of benzene rings is 1. The van der Waals surface area contributed by atoms with Crippen molar-refractivity contribution in [1.29, 1.82) is 0 Å². The average Bonchev–Trinajstić information content (AvgIpc) is 2.66. The smallest absolute Gasteiger partial charge is 0.364 e. The van der Waals surface area contributed by atoms with Crippen molar-refractivity contribution in [3.05, 3.63) is 29.8 Å². The van der Waals surface area contributed by atoms with Crippen LogP contribution in [-0.4, -0.2) is 48.5 Å². The van der Waals surface area contributed by atoms with E-state index < -0.39 is 11.8 Å². The van der Waals surface area contributed by atoms with Crippen LogP contribution in [0.2, 0.25) is 0 Å². The van der Waals surface area contributed by atoms with Gasteiger partial charge >= 0.3 is 5.97 Å². The van der Waals surface area contributed by atoms with Crippen molar-refractivity contribution < 1.29 is 28.9 Å². The molecule has 2 rings (SSSR count). The van der Waals surface area contributed by atoms with Crippen LogP contribution in [0, 0.1) is 5.92 Å². The summed E-state index contributed by atoms with van der Waals surface area (Å²) < 4.78 is 16.4. The van der Waals surface area contributed by atoms with Gasteiger partial charge in [-0.2, -0.15) is 0 Å². The molecule has 1 aromatic carbocycles. The molecule has 28 heavy (non-hydrogen) atoms. The van der Waals surface area contributed by atoms with E-state index in [1.807, 2.05) is 45.0 Å². The predicted octanol–water partition coefficient (Wildman–Crippen LogP) is 3.85. The maximum absolute atomic E-state index is 11.2. The van der Waals surface area contributed by atoms with Crippen molar-refractivity contribution >= 4 is 11.7 Å². The quantitative estimate of drug-likeness (QED) is 0.369. The molecule has 7 heteroatoms. The van der Waals surface area contributed by atoms with Crippen LogP contribution in [0.4, 0.5) is 0 Å². The summed E-state index contributed by atoms with van der Waals surface area (Å²) in [4.78, 5) is 16.6. The molecule has 0 bridgehead atoms. The summed E-state index contributed by atoms with van der Waals surface area (Å²) in [7, 11) is 0. The van der Waals surface area contributed by atoms with Gasteiger partial charge in [-0.3, -0.25) is 0 Å². The fraction of sp³-hybridized carbons (Fsp3) is 0.619. The van der Waals surface area contributed by atoms with Gasteiger partial charge < -0.3 is 24.2 Å². The van der Waals surface area contributed by atoms with Crippen molar-refractivity contribution in [3.8, 4) is 5.75 Å². The SMILES string of the molecule is CCOc1ccc(C(C)=NOCCCCC2COC(C)(C(=O)O)OC2C)cc1. The molecule has 1 saturated heterocycles. The van der Waals surface area contributed by atoms with Crippen molar-refractivity contribution in [2.75, 3.05) is 19.8 Å². The molecule has 156 valence electrons. The molecule has 1 aromatic rings. The number of oxime groups is 1. The van der Waals surface area contributed by atoms with Gasteiger partial charge in [-0.25, -0.2) is 4.79 Å². The van der Waals surface area contributed by atoms with Crippen LogP contribution < -0.4 is 4.74 Å². The number of nitrogens with zero attached hydrogens (tertiary/aromatic N) is 1. The molecule has 0 aliphatic carbocycles. The van der Waals surface area contributed by atoms with Crippen LogP contribution in [0.5, 0.6) is 5.75 Å². The summed E-state index contributed by atoms with van der Waals surface area (Å²) in [5, 5.41) is 13.3. The van der Waals surface area contributed by atoms with Gasteiger partial charge in [-0.05, 0) is 69.9 Å². The fourth-order valence-corrected chi connectivity index (χ4v) is 3.04. The first-order valence-corrected chi connectivity index (χ1v) is 9.80. The van der Waals surface area contributed by atoms with E-state index in [4.69, 9.17) is 24.2 Å². The zero-order valence-electron chi connectivity index (χ0n) is 17.1. The second kappa shape index (κ2) is 10.4. The van der Waals surface area contributed by atoms with Crippen molar-refractivity contribution in [2.24, 2.45) is 11.1 Å². The largest absolute Gasteiger partial charge is 0.494 e. The molecule has 0 spiro atoms. The lowest BCUT2D eigenvalue weighted by molar-refractivity contribution is -0.292. The molecule has 0 aromatic heterocycles. The van der Waals surface area contributed by atoms with E-state index in [1.54, 1.807) is 0 Å². The fourth-order valence-electron chi connectivity index (χ4n) is 3.04. The van der Waals surface area contributed by atoms with Crippen molar-refractivity contribution in [2.45, 2.75) is 58.8 Å². The number of carboxylic acid groups (broad SMARTS) is 1. The summed E-state index contributed by atoms with van der Waals surface area (Å²) in [5.74, 6) is -1.60. The first kappa shape index (κ1) is 22.2. The molecular formula is C21H31NO6. The van der Waals surface area contributed by atoms with Crippen LogP contribution in [-0.2, 0) is 19.1 Å². The summed E-state index contributed by atoms with van der Waals surface area (Å²) >= 11 is 0. The predicted molar refractivity (Wildman–Crippen MR) is 106 cm³/mol. The van der Waals surface area contributed by atoms with Gasteiger partial charge in [0.1, 0.15) is 12.4 Å². The summed E-state index contributed by atoms with van der Waals surface area (Å²) in [5.41, 5.74) is 1.81. The second-order valence-corrected chi connectivity index (χ2v) is 7.11. The molecule has 0 saturated carbocycles. The van der Waals surface area contributed by atoms with Gasteiger partial charge in [-0.1, -0.05) is 5.16 Å². The maximum Gasteiger partial charge on any atom is 0.364 e. The molecule has 3 unspecified atom stereocenters. The van der Waals surface area contributed by atoms with Gasteiger partial charge in [0.15, 0.2) is 0 Å². The molecule has 1 aliphatic heterocycles. The molecular weight excluding hydrogens is 362 g/mol. The third-order valence-electron chi connectivity index (χ3n) is 4.88. The third-order valence-corrected chi connectivity index (χ3v) is 4.88. The number of rotatable bonds is 10. The van der Waals surface area contributed by atoms with Gasteiger partial charge in [0.25, 0.3) is 5.79 Å². The third kappa shape index (κ3) is 6.21. The minimum absolute atomic E-state index is 0.157. The van der Waals surface area contributed by atoms with Crippen LogP contribution >= 0.6 is 0 Å². The lowest BCUT2D eigenvalue weighted by atomic mass is 9.96. The van der Waals surface area contributed by atoms with E-state index in [9.17, 15) is 4.79 Å². The molecule has 1 aliphatic rings. The van der Waals surface area contributed by atoms with E-state index in [-0.39, 0.29) is 12.0 Å². The van der Waals surface area contributed by atoms with E-state index in [1.165, 1.54) is 6.92 Å². The average molecular weight is 393 g/mol. The molecule has 0 amide bonds. The highest BCUT2D eigenvalue weighted by atomic mass is 16.7. The first-order valence-electron chi connectivity index (χ1n) is 9.80. The highest BCUT2D eigenvalue weighted by molar-refractivity contribution is 5.98. The lowest BCUT2D eigenvalue weighted by Gasteiger charge is -2.39. The Balaban J connectivity index is 1.66. The Morgan fingerprint density at radius 2 is 2.04 bits per heavy atom. The van der Waals surface area contributed by atoms with E-state index in [2.05, 4.69) is 5.16 Å². The van der Waals surface area contributed by atoms with Crippen molar-refractivity contribution in [1.82, 2.24) is 0 Å². The van der Waals surface area contributed by atoms with Crippen LogP contribution in [0.1, 0.15) is 52.5 Å². The molecule has 1 N–H and O–H groups in total. The van der Waals surface area contributed by atoms with Gasteiger partial charge in [-0.15, -0.1) is 0 Å². The topological polar surface area (TPSA) is 86.6 Å². The summed E-state index contributed by atoms with van der Waals surface area (Å²) in [6, 6.07) is 7.76. The number of unbranched alkanes of at least 4 members (excludes halogenated alkanes) is 1. The molecule has 1 heterocycles. The molecule has 1 fully saturated rings. The van der Waals surface area contributed by atoms with Crippen LogP contribution in [0.25, 0.3) is 0 Å². The number of ether oxygens (including phenoxy) is 3. The number of carboxylic acids is 1. The van der Waals surface area contributed by atoms with E-state index >= 15 is 0 Å². The Morgan fingerprint density at radius 1 is 1.32 bits per heavy atom. The summed E-state index contributed by atoms with van der Waals surface area (Å²) in [6.07, 6.45) is 2.53. The Bertz CT molecular complexity index is 659. The zero-order valence-corrected chi connectivity index (χ0v) is 17.1. The number of hydrogen-bond acceptors (Lipinski definition) is 6. The van der Waals surface area contributed by atoms with Crippen molar-refractivity contribution in [3.63, 3.8) is 0 Å². The monoisotopic (exact) mass is 393 g/mol. The van der Waals surface area contributed by atoms with E-state index in [0.717, 1.165) is 36.3 Å². The maximum atomic E-state index is 11.2. The minimum Gasteiger partial charge on any atom is -0.494 e. The Kier molecular flexibility index (Phi) is 8.26. The number of aliphatic carboxylic acids is 1. The Morgan fingerprint density at radius 3 is 2.64 bits per heavy atom. The molecule has 7 nitrogen and oxygen atoms in total. The van der Waals surface area contributed by atoms with Gasteiger partial charge in [0, 0.05) is 12.8 Å². The summed E-state index contributed by atoms with van der Waals surface area (Å²) in [6.45, 7) is 8.77. The number of carbonyl (C=O) groups is 1. The standard InChI is InChI=1S/C21H31NO6/c1-5-25-19-11-9-17(10-12-19)15(2)22-27-13-7-6-8-18-14-26-21(4,20(23)24)28-16(18)3/h9-12,16,18H,5-8,13-14H2,1-4H3,(H,23,24). The van der Waals surface area contributed by atoms with Crippen LogP contribution in [0.3, 0.4) is 0 Å². The lowest BCUT2D eigenvalue weighted by Crippen LogP contribution is -2.51. The highest BCUT2D eigenvalue weighted by Crippen LogP contribution is 2.29. The Labute approximate surface area is 166 Å². The molecule has 3 atom stereocenters. The second-order valence-electron chi connectivity index (χ2n) is 7.11. The van der Waals surface area contributed by atoms with Gasteiger partial charge in [0.05, 0.1) is 25.0 Å².